The Balaban J connectivity index is 1.46. The molecule has 1 saturated carbocycles. The molecule has 0 bridgehead atoms. The fourth-order valence-electron chi connectivity index (χ4n) is 3.98. The van der Waals surface area contributed by atoms with Crippen LogP contribution in [0.4, 0.5) is 4.79 Å². The number of rotatable bonds is 2. The lowest BCUT2D eigenvalue weighted by molar-refractivity contribution is 0.173. The molecule has 132 valence electrons. The van der Waals surface area contributed by atoms with E-state index in [9.17, 15) is 9.59 Å². The molecule has 3 heterocycles. The first-order valence-corrected chi connectivity index (χ1v) is 8.96. The maximum absolute atomic E-state index is 12.8. The fraction of sp³-hybridized carbons (Fsp3) is 0.500. The van der Waals surface area contributed by atoms with Gasteiger partial charge in [0.15, 0.2) is 0 Å². The first-order valence-electron chi connectivity index (χ1n) is 8.96. The molecule has 25 heavy (non-hydrogen) atoms. The number of nitrogens with zero attached hydrogens (tertiary/aromatic N) is 3. The zero-order valence-corrected chi connectivity index (χ0v) is 14.1. The summed E-state index contributed by atoms with van der Waals surface area (Å²) in [4.78, 5) is 29.2. The first kappa shape index (κ1) is 15.9. The number of nitrogens with one attached hydrogen (secondary N) is 2. The number of amides is 2. The Labute approximate surface area is 146 Å². The Morgan fingerprint density at radius 2 is 2.20 bits per heavy atom. The minimum atomic E-state index is -0.0953. The maximum Gasteiger partial charge on any atom is 0.318 e. The summed E-state index contributed by atoms with van der Waals surface area (Å²) in [6, 6.07) is 4.05. The van der Waals surface area contributed by atoms with Gasteiger partial charge in [0, 0.05) is 30.7 Å². The van der Waals surface area contributed by atoms with Crippen LogP contribution in [0.1, 0.15) is 42.9 Å². The van der Waals surface area contributed by atoms with E-state index in [-0.39, 0.29) is 23.7 Å². The largest absolute Gasteiger partial charge is 0.333 e. The summed E-state index contributed by atoms with van der Waals surface area (Å²) in [5.41, 5.74) is 1.65. The first-order chi connectivity index (χ1) is 12.2. The number of fused-ring (bicyclic) bond motifs is 1. The number of hydrogen-bond donors (Lipinski definition) is 2. The summed E-state index contributed by atoms with van der Waals surface area (Å²) in [5.74, 6) is 0. The third-order valence-corrected chi connectivity index (χ3v) is 5.35. The van der Waals surface area contributed by atoms with Crippen LogP contribution >= 0.6 is 0 Å². The summed E-state index contributed by atoms with van der Waals surface area (Å²) in [6.07, 6.45) is 10.4. The van der Waals surface area contributed by atoms with E-state index in [1.807, 2.05) is 23.0 Å². The van der Waals surface area contributed by atoms with Crippen molar-refractivity contribution in [2.75, 3.05) is 6.54 Å². The molecule has 0 spiro atoms. The van der Waals surface area contributed by atoms with Crippen LogP contribution in [0.2, 0.25) is 0 Å². The van der Waals surface area contributed by atoms with Crippen molar-refractivity contribution >= 4 is 6.03 Å². The standard InChI is InChI=1S/C18H23N5O2/c24-17-14-12-22(11-7-13(14)6-9-19-17)18(25)21-15-4-1-2-5-16(15)23-10-3-8-20-23/h3,6,8-10,15-16H,1-2,4-5,7,11-12H2,(H,19,24)(H,21,25). The zero-order valence-electron chi connectivity index (χ0n) is 14.1. The van der Waals surface area contributed by atoms with Crippen molar-refractivity contribution in [3.05, 3.63) is 52.2 Å². The molecule has 2 aliphatic rings. The number of carbonyl (C=O) groups is 1. The number of carbonyl (C=O) groups excluding carboxylic acids is 1. The van der Waals surface area contributed by atoms with Gasteiger partial charge >= 0.3 is 6.03 Å². The average molecular weight is 341 g/mol. The van der Waals surface area contributed by atoms with E-state index < -0.39 is 0 Å². The molecule has 2 aromatic rings. The number of aromatic amines is 1. The van der Waals surface area contributed by atoms with Gasteiger partial charge in [-0.15, -0.1) is 0 Å². The second kappa shape index (κ2) is 6.74. The molecule has 4 rings (SSSR count). The monoisotopic (exact) mass is 341 g/mol. The fourth-order valence-corrected chi connectivity index (χ4v) is 3.98. The van der Waals surface area contributed by atoms with Crippen LogP contribution in [0, 0.1) is 0 Å². The molecule has 1 aliphatic carbocycles. The molecule has 2 atom stereocenters. The van der Waals surface area contributed by atoms with Crippen molar-refractivity contribution in [2.24, 2.45) is 0 Å². The van der Waals surface area contributed by atoms with Gasteiger partial charge in [0.2, 0.25) is 0 Å². The van der Waals surface area contributed by atoms with Crippen molar-refractivity contribution in [3.8, 4) is 0 Å². The molecule has 2 amide bonds. The van der Waals surface area contributed by atoms with Gasteiger partial charge in [0.1, 0.15) is 0 Å². The molecular formula is C18H23N5O2. The Hall–Kier alpha value is -2.57. The van der Waals surface area contributed by atoms with Gasteiger partial charge in [0.25, 0.3) is 5.56 Å². The Morgan fingerprint density at radius 3 is 3.04 bits per heavy atom. The second-order valence-electron chi connectivity index (χ2n) is 6.88. The lowest BCUT2D eigenvalue weighted by Gasteiger charge is -2.35. The minimum absolute atomic E-state index is 0.0802. The molecule has 0 aromatic carbocycles. The van der Waals surface area contributed by atoms with Gasteiger partial charge in [-0.05, 0) is 37.0 Å². The Bertz CT molecular complexity index is 798. The predicted octanol–water partition coefficient (Wildman–Crippen LogP) is 1.82. The Morgan fingerprint density at radius 1 is 1.32 bits per heavy atom. The molecule has 2 aromatic heterocycles. The summed E-state index contributed by atoms with van der Waals surface area (Å²) in [7, 11) is 0. The average Bonchev–Trinajstić information content (AvgIpc) is 3.17. The lowest BCUT2D eigenvalue weighted by atomic mass is 9.90. The normalized spacial score (nSPS) is 23.1. The molecule has 7 nitrogen and oxygen atoms in total. The topological polar surface area (TPSA) is 83.0 Å². The molecule has 1 fully saturated rings. The van der Waals surface area contributed by atoms with E-state index in [1.54, 1.807) is 17.3 Å². The third-order valence-electron chi connectivity index (χ3n) is 5.35. The number of pyridine rings is 1. The van der Waals surface area contributed by atoms with Crippen LogP contribution in [0.3, 0.4) is 0 Å². The van der Waals surface area contributed by atoms with Crippen LogP contribution < -0.4 is 10.9 Å². The van der Waals surface area contributed by atoms with E-state index in [0.717, 1.165) is 37.7 Å². The molecule has 0 saturated heterocycles. The molecular weight excluding hydrogens is 318 g/mol. The van der Waals surface area contributed by atoms with E-state index in [2.05, 4.69) is 15.4 Å². The summed E-state index contributed by atoms with van der Waals surface area (Å²) < 4.78 is 1.96. The highest BCUT2D eigenvalue weighted by atomic mass is 16.2. The number of hydrogen-bond acceptors (Lipinski definition) is 3. The number of urea groups is 1. The van der Waals surface area contributed by atoms with Gasteiger partial charge < -0.3 is 15.2 Å². The van der Waals surface area contributed by atoms with Crippen LogP contribution in [-0.2, 0) is 13.0 Å². The van der Waals surface area contributed by atoms with Crippen molar-refractivity contribution in [2.45, 2.75) is 50.7 Å². The van der Waals surface area contributed by atoms with Gasteiger partial charge in [-0.25, -0.2) is 4.79 Å². The van der Waals surface area contributed by atoms with Crippen LogP contribution in [0.25, 0.3) is 0 Å². The van der Waals surface area contributed by atoms with Crippen LogP contribution in [0.5, 0.6) is 0 Å². The van der Waals surface area contributed by atoms with Gasteiger partial charge in [-0.2, -0.15) is 5.10 Å². The SMILES string of the molecule is O=C(NC1CCCCC1n1cccn1)N1CCc2cc[nH]c(=O)c2C1. The molecule has 1 aliphatic heterocycles. The van der Waals surface area contributed by atoms with Gasteiger partial charge in [-0.3, -0.25) is 9.48 Å². The molecule has 2 unspecified atom stereocenters. The molecule has 7 heteroatoms. The summed E-state index contributed by atoms with van der Waals surface area (Å²) >= 11 is 0. The van der Waals surface area contributed by atoms with Crippen molar-refractivity contribution in [1.82, 2.24) is 25.0 Å². The van der Waals surface area contributed by atoms with Crippen molar-refractivity contribution < 1.29 is 4.79 Å². The van der Waals surface area contributed by atoms with E-state index in [0.29, 0.717) is 18.7 Å². The molecule has 0 radical (unpaired) electrons. The maximum atomic E-state index is 12.8. The summed E-state index contributed by atoms with van der Waals surface area (Å²) in [5, 5.41) is 7.55. The zero-order chi connectivity index (χ0) is 17.2. The van der Waals surface area contributed by atoms with Crippen molar-refractivity contribution in [1.29, 1.82) is 0 Å². The smallest absolute Gasteiger partial charge is 0.318 e. The van der Waals surface area contributed by atoms with E-state index in [1.165, 1.54) is 0 Å². The Kier molecular flexibility index (Phi) is 4.29. The molecule has 2 N–H and O–H groups in total. The van der Waals surface area contributed by atoms with E-state index >= 15 is 0 Å². The highest BCUT2D eigenvalue weighted by Crippen LogP contribution is 2.28. The van der Waals surface area contributed by atoms with E-state index in [4.69, 9.17) is 0 Å². The van der Waals surface area contributed by atoms with Crippen LogP contribution in [-0.4, -0.2) is 38.3 Å². The second-order valence-corrected chi connectivity index (χ2v) is 6.88. The van der Waals surface area contributed by atoms with Crippen molar-refractivity contribution in [3.63, 3.8) is 0 Å². The summed E-state index contributed by atoms with van der Waals surface area (Å²) in [6.45, 7) is 1.01. The minimum Gasteiger partial charge on any atom is -0.333 e. The third kappa shape index (κ3) is 3.18. The predicted molar refractivity (Wildman–Crippen MR) is 93.2 cm³/mol. The highest BCUT2D eigenvalue weighted by molar-refractivity contribution is 5.75. The quantitative estimate of drug-likeness (QED) is 0.874. The number of aromatic nitrogens is 3. The van der Waals surface area contributed by atoms with Crippen LogP contribution in [0.15, 0.2) is 35.5 Å². The highest BCUT2D eigenvalue weighted by Gasteiger charge is 2.30. The lowest BCUT2D eigenvalue weighted by Crippen LogP contribution is -2.50. The van der Waals surface area contributed by atoms with Gasteiger partial charge in [0.05, 0.1) is 18.6 Å². The number of H-pyrrole nitrogens is 1. The van der Waals surface area contributed by atoms with Gasteiger partial charge in [-0.1, -0.05) is 12.8 Å².